The predicted molar refractivity (Wildman–Crippen MR) is 41.8 cm³/mol. The van der Waals surface area contributed by atoms with Crippen molar-refractivity contribution in [3.8, 4) is 0 Å². The number of carbonyl (C=O) groups is 1. The molecule has 0 heterocycles. The summed E-state index contributed by atoms with van der Waals surface area (Å²) in [4.78, 5) is 10.6. The van der Waals surface area contributed by atoms with Gasteiger partial charge in [0.15, 0.2) is 0 Å². The largest absolute Gasteiger partial charge is 0.463 e. The topological polar surface area (TPSA) is 26.3 Å². The smallest absolute Gasteiger partial charge is 0.442 e. The van der Waals surface area contributed by atoms with Gasteiger partial charge < -0.3 is 4.74 Å². The highest BCUT2D eigenvalue weighted by Crippen LogP contribution is 2.46. The average molecular weight is 270 g/mol. The van der Waals surface area contributed by atoms with Gasteiger partial charge >= 0.3 is 24.0 Å². The van der Waals surface area contributed by atoms with Crippen molar-refractivity contribution >= 4 is 5.97 Å². The molecule has 0 rings (SSSR count). The van der Waals surface area contributed by atoms with Crippen molar-refractivity contribution in [2.24, 2.45) is 0 Å². The van der Waals surface area contributed by atoms with Crippen LogP contribution in [-0.4, -0.2) is 30.6 Å². The number of unbranched alkanes of at least 4 members (excludes halogenated alkanes) is 1. The molecule has 9 heteroatoms. The molecule has 0 amide bonds. The summed E-state index contributed by atoms with van der Waals surface area (Å²) in [5.41, 5.74) is -5.98. The molecule has 0 unspecified atom stereocenters. The van der Waals surface area contributed by atoms with Gasteiger partial charge in [-0.15, -0.1) is 0 Å². The first kappa shape index (κ1) is 16.0. The second-order valence-corrected chi connectivity index (χ2v) is 3.14. The van der Waals surface area contributed by atoms with Gasteiger partial charge in [-0.05, 0) is 6.42 Å². The second-order valence-electron chi connectivity index (χ2n) is 3.14. The number of rotatable bonds is 4. The lowest BCUT2D eigenvalue weighted by Gasteiger charge is -2.27. The molecular formula is C8H9F7O2. The van der Waals surface area contributed by atoms with Crippen LogP contribution in [0.5, 0.6) is 0 Å². The Labute approximate surface area is 91.7 Å². The van der Waals surface area contributed by atoms with Gasteiger partial charge in [0.2, 0.25) is 0 Å². The molecule has 0 fully saturated rings. The Bertz CT molecular complexity index is 254. The van der Waals surface area contributed by atoms with Crippen molar-refractivity contribution in [3.05, 3.63) is 0 Å². The lowest BCUT2D eigenvalue weighted by molar-refractivity contribution is -0.332. The van der Waals surface area contributed by atoms with E-state index in [0.717, 1.165) is 0 Å². The Kier molecular flexibility index (Phi) is 4.79. The Hall–Kier alpha value is -1.02. The fourth-order valence-electron chi connectivity index (χ4n) is 0.801. The van der Waals surface area contributed by atoms with Crippen LogP contribution in [0.25, 0.3) is 0 Å². The number of ether oxygens (including phenoxy) is 1. The van der Waals surface area contributed by atoms with E-state index in [1.54, 1.807) is 6.92 Å². The van der Waals surface area contributed by atoms with Gasteiger partial charge in [0.05, 0.1) is 6.61 Å². The molecule has 102 valence electrons. The number of halogens is 7. The third kappa shape index (κ3) is 3.22. The van der Waals surface area contributed by atoms with Gasteiger partial charge in [-0.1, -0.05) is 13.3 Å². The van der Waals surface area contributed by atoms with Crippen LogP contribution in [0.1, 0.15) is 19.8 Å². The lowest BCUT2D eigenvalue weighted by Crippen LogP contribution is -2.59. The van der Waals surface area contributed by atoms with Crippen molar-refractivity contribution in [3.63, 3.8) is 0 Å². The van der Waals surface area contributed by atoms with E-state index in [1.807, 2.05) is 0 Å². The van der Waals surface area contributed by atoms with Gasteiger partial charge in [0.1, 0.15) is 0 Å². The molecule has 0 aliphatic rings. The Morgan fingerprint density at radius 3 is 1.71 bits per heavy atom. The number of alkyl halides is 7. The normalized spacial score (nSPS) is 13.6. The highest BCUT2D eigenvalue weighted by Gasteiger charge is 2.78. The Morgan fingerprint density at radius 1 is 1.00 bits per heavy atom. The molecule has 0 aromatic heterocycles. The Balaban J connectivity index is 5.03. The summed E-state index contributed by atoms with van der Waals surface area (Å²) in [6.45, 7) is 0.858. The maximum Gasteiger partial charge on any atom is 0.442 e. The molecule has 0 saturated carbocycles. The third-order valence-corrected chi connectivity index (χ3v) is 1.79. The quantitative estimate of drug-likeness (QED) is 0.445. The molecule has 0 aromatic carbocycles. The van der Waals surface area contributed by atoms with Gasteiger partial charge in [-0.25, -0.2) is 9.18 Å². The summed E-state index contributed by atoms with van der Waals surface area (Å²) in [6, 6.07) is 0. The van der Waals surface area contributed by atoms with Crippen molar-refractivity contribution < 1.29 is 40.3 Å². The summed E-state index contributed by atoms with van der Waals surface area (Å²) < 4.78 is 88.3. The molecule has 0 N–H and O–H groups in total. The first-order valence-electron chi connectivity index (χ1n) is 4.48. The molecule has 2 nitrogen and oxygen atoms in total. The van der Waals surface area contributed by atoms with E-state index in [1.165, 1.54) is 0 Å². The average Bonchev–Trinajstić information content (AvgIpc) is 2.13. The maximum absolute atomic E-state index is 12.9. The zero-order valence-corrected chi connectivity index (χ0v) is 8.58. The van der Waals surface area contributed by atoms with Crippen LogP contribution in [-0.2, 0) is 9.53 Å². The molecule has 0 radical (unpaired) electrons. The van der Waals surface area contributed by atoms with Gasteiger partial charge in [-0.2, -0.15) is 26.3 Å². The fraction of sp³-hybridized carbons (Fsp3) is 0.875. The first-order valence-corrected chi connectivity index (χ1v) is 4.48. The van der Waals surface area contributed by atoms with E-state index in [9.17, 15) is 35.5 Å². The zero-order chi connectivity index (χ0) is 13.9. The number of hydrogen-bond donors (Lipinski definition) is 0. The van der Waals surface area contributed by atoms with Crippen molar-refractivity contribution in [2.45, 2.75) is 37.8 Å². The summed E-state index contributed by atoms with van der Waals surface area (Å²) in [7, 11) is 0. The summed E-state index contributed by atoms with van der Waals surface area (Å²) in [6.07, 6.45) is -12.4. The molecule has 0 spiro atoms. The van der Waals surface area contributed by atoms with E-state index in [-0.39, 0.29) is 6.42 Å². The van der Waals surface area contributed by atoms with Crippen molar-refractivity contribution in [1.29, 1.82) is 0 Å². The molecule has 0 aliphatic heterocycles. The number of carbonyl (C=O) groups excluding carboxylic acids is 1. The van der Waals surface area contributed by atoms with Crippen molar-refractivity contribution in [1.82, 2.24) is 0 Å². The fourth-order valence-corrected chi connectivity index (χ4v) is 0.801. The van der Waals surface area contributed by atoms with Gasteiger partial charge in [0.25, 0.3) is 0 Å². The molecular weight excluding hydrogens is 261 g/mol. The number of hydrogen-bond acceptors (Lipinski definition) is 2. The summed E-state index contributed by atoms with van der Waals surface area (Å²) >= 11 is 0. The molecule has 0 atom stereocenters. The van der Waals surface area contributed by atoms with Crippen LogP contribution in [0.15, 0.2) is 0 Å². The van der Waals surface area contributed by atoms with E-state index in [0.29, 0.717) is 6.42 Å². The highest BCUT2D eigenvalue weighted by atomic mass is 19.4. The standard InChI is InChI=1S/C8H9F7O2/c1-2-3-4-17-5(16)6(9,7(10,11)12)8(13,14)15/h2-4H2,1H3. The van der Waals surface area contributed by atoms with Crippen LogP contribution in [0.4, 0.5) is 30.7 Å². The summed E-state index contributed by atoms with van der Waals surface area (Å²) in [5, 5.41) is 0. The minimum Gasteiger partial charge on any atom is -0.463 e. The van der Waals surface area contributed by atoms with Crippen molar-refractivity contribution in [2.75, 3.05) is 6.61 Å². The predicted octanol–water partition coefficient (Wildman–Crippen LogP) is 3.16. The minimum atomic E-state index is -6.41. The molecule has 0 bridgehead atoms. The zero-order valence-electron chi connectivity index (χ0n) is 8.58. The maximum atomic E-state index is 12.9. The SMILES string of the molecule is CCCCOC(=O)C(F)(C(F)(F)F)C(F)(F)F. The van der Waals surface area contributed by atoms with E-state index in [4.69, 9.17) is 0 Å². The minimum absolute atomic E-state index is 0.0392. The molecule has 0 aliphatic carbocycles. The first-order chi connectivity index (χ1) is 7.48. The van der Waals surface area contributed by atoms with E-state index >= 15 is 0 Å². The number of esters is 1. The highest BCUT2D eigenvalue weighted by molar-refractivity contribution is 5.81. The van der Waals surface area contributed by atoms with E-state index in [2.05, 4.69) is 4.74 Å². The van der Waals surface area contributed by atoms with Crippen LogP contribution >= 0.6 is 0 Å². The summed E-state index contributed by atoms with van der Waals surface area (Å²) in [5.74, 6) is -2.98. The Morgan fingerprint density at radius 2 is 1.41 bits per heavy atom. The lowest BCUT2D eigenvalue weighted by atomic mass is 10.1. The van der Waals surface area contributed by atoms with Crippen LogP contribution < -0.4 is 0 Å². The van der Waals surface area contributed by atoms with Gasteiger partial charge in [-0.3, -0.25) is 0 Å². The van der Waals surface area contributed by atoms with Crippen LogP contribution in [0, 0.1) is 0 Å². The van der Waals surface area contributed by atoms with Crippen LogP contribution in [0.2, 0.25) is 0 Å². The molecule has 0 aromatic rings. The molecule has 17 heavy (non-hydrogen) atoms. The van der Waals surface area contributed by atoms with Gasteiger partial charge in [0, 0.05) is 0 Å². The molecule has 0 saturated heterocycles. The van der Waals surface area contributed by atoms with Crippen LogP contribution in [0.3, 0.4) is 0 Å². The second kappa shape index (κ2) is 5.09. The monoisotopic (exact) mass is 270 g/mol. The van der Waals surface area contributed by atoms with E-state index < -0.39 is 30.6 Å². The third-order valence-electron chi connectivity index (χ3n) is 1.79.